The van der Waals surface area contributed by atoms with Gasteiger partial charge in [0.15, 0.2) is 0 Å². The Kier molecular flexibility index (Phi) is 9.68. The van der Waals surface area contributed by atoms with Crippen LogP contribution in [-0.4, -0.2) is 52.1 Å². The summed E-state index contributed by atoms with van der Waals surface area (Å²) in [6, 6.07) is 7.85. The monoisotopic (exact) mass is 545 g/mol. The molecule has 3 aromatic heterocycles. The Bertz CT molecular complexity index is 1330. The molecule has 4 heterocycles. The van der Waals surface area contributed by atoms with Gasteiger partial charge >= 0.3 is 0 Å². The first-order chi connectivity index (χ1) is 19.3. The zero-order chi connectivity index (χ0) is 28.6. The Balaban J connectivity index is 1.46. The summed E-state index contributed by atoms with van der Waals surface area (Å²) in [6.45, 7) is 13.9. The van der Waals surface area contributed by atoms with E-state index in [0.29, 0.717) is 40.1 Å². The van der Waals surface area contributed by atoms with Crippen LogP contribution in [0.5, 0.6) is 0 Å². The Morgan fingerprint density at radius 3 is 2.58 bits per heavy atom. The average molecular weight is 546 g/mol. The number of hydrogen-bond acceptors (Lipinski definition) is 9. The Labute approximate surface area is 236 Å². The fraction of sp³-hybridized carbons (Fsp3) is 0.367. The molecule has 1 fully saturated rings. The van der Waals surface area contributed by atoms with Gasteiger partial charge in [0.25, 0.3) is 0 Å². The second-order valence-electron chi connectivity index (χ2n) is 10.0. The van der Waals surface area contributed by atoms with Crippen LogP contribution in [0.1, 0.15) is 49.2 Å². The molecule has 40 heavy (non-hydrogen) atoms. The quantitative estimate of drug-likeness (QED) is 0.233. The van der Waals surface area contributed by atoms with E-state index < -0.39 is 6.67 Å². The van der Waals surface area contributed by atoms with Crippen LogP contribution in [-0.2, 0) is 6.67 Å². The van der Waals surface area contributed by atoms with Gasteiger partial charge in [-0.15, -0.1) is 0 Å². The second kappa shape index (κ2) is 13.4. The van der Waals surface area contributed by atoms with Crippen molar-refractivity contribution in [1.29, 1.82) is 0 Å². The third-order valence-corrected chi connectivity index (χ3v) is 7.40. The molecule has 1 saturated heterocycles. The maximum Gasteiger partial charge on any atom is 0.115 e. The molecule has 0 atom stereocenters. The van der Waals surface area contributed by atoms with Crippen LogP contribution in [0.4, 0.5) is 21.5 Å². The number of hydrazine groups is 1. The summed E-state index contributed by atoms with van der Waals surface area (Å²) in [6.07, 6.45) is 10.9. The van der Waals surface area contributed by atoms with Gasteiger partial charge in [0.05, 0.1) is 52.2 Å². The van der Waals surface area contributed by atoms with E-state index in [1.54, 1.807) is 36.9 Å². The van der Waals surface area contributed by atoms with Gasteiger partial charge in [0.2, 0.25) is 0 Å². The molecule has 4 rings (SSSR count). The van der Waals surface area contributed by atoms with Crippen LogP contribution >= 0.6 is 0 Å². The minimum atomic E-state index is -0.567. The minimum Gasteiger partial charge on any atom is -0.397 e. The molecule has 5 N–H and O–H groups in total. The molecule has 0 radical (unpaired) electrons. The molecule has 1 aliphatic rings. The highest BCUT2D eigenvalue weighted by Gasteiger charge is 2.22. The van der Waals surface area contributed by atoms with Gasteiger partial charge in [-0.25, -0.2) is 10.2 Å². The van der Waals surface area contributed by atoms with Crippen molar-refractivity contribution < 1.29 is 4.39 Å². The molecule has 0 amide bonds. The van der Waals surface area contributed by atoms with E-state index in [0.717, 1.165) is 43.1 Å². The van der Waals surface area contributed by atoms with Crippen molar-refractivity contribution in [3.8, 4) is 0 Å². The molecular formula is C30H40FN9. The van der Waals surface area contributed by atoms with Crippen molar-refractivity contribution in [1.82, 2.24) is 19.9 Å². The van der Waals surface area contributed by atoms with Crippen molar-refractivity contribution in [3.63, 3.8) is 0 Å². The van der Waals surface area contributed by atoms with E-state index in [1.807, 2.05) is 19.2 Å². The number of aryl methyl sites for hydroxylation is 1. The lowest BCUT2D eigenvalue weighted by Gasteiger charge is -2.39. The molecule has 0 aliphatic carbocycles. The summed E-state index contributed by atoms with van der Waals surface area (Å²) in [5.74, 6) is 6.43. The topological polar surface area (TPSA) is 112 Å². The van der Waals surface area contributed by atoms with Crippen molar-refractivity contribution in [2.75, 3.05) is 41.4 Å². The predicted molar refractivity (Wildman–Crippen MR) is 162 cm³/mol. The lowest BCUT2D eigenvalue weighted by atomic mass is 10.1. The number of nitrogens with two attached hydrogens (primary N) is 2. The molecule has 0 aromatic carbocycles. The highest BCUT2D eigenvalue weighted by Crippen LogP contribution is 2.25. The highest BCUT2D eigenvalue weighted by atomic mass is 19.1. The standard InChI is InChI=1S/C30H40FN9/c1-5-26(6-2)38-9-11-39(12-10-38)27-14-24(17-34-19-27)28(32)20-40(33)30-15-25(18-36-22(30)4)37-21(3)29-13-23(16-31)7-8-35-29/h7-8,13-15,17-20,26,37H,3,5-6,9-12,16,32-33H2,1-2,4H3/b28-20-. The van der Waals surface area contributed by atoms with Gasteiger partial charge < -0.3 is 16.0 Å². The van der Waals surface area contributed by atoms with E-state index in [-0.39, 0.29) is 0 Å². The van der Waals surface area contributed by atoms with Gasteiger partial charge in [-0.2, -0.15) is 0 Å². The summed E-state index contributed by atoms with van der Waals surface area (Å²) in [5.41, 5.74) is 12.5. The first kappa shape index (κ1) is 29.0. The van der Waals surface area contributed by atoms with Crippen molar-refractivity contribution in [2.24, 2.45) is 11.6 Å². The number of halogens is 1. The lowest BCUT2D eigenvalue weighted by Crippen LogP contribution is -2.50. The fourth-order valence-corrected chi connectivity index (χ4v) is 5.01. The first-order valence-corrected chi connectivity index (χ1v) is 13.7. The summed E-state index contributed by atoms with van der Waals surface area (Å²) in [4.78, 5) is 18.1. The molecule has 3 aromatic rings. The lowest BCUT2D eigenvalue weighted by molar-refractivity contribution is 0.175. The number of piperazine rings is 1. The number of rotatable bonds is 11. The third-order valence-electron chi connectivity index (χ3n) is 7.40. The van der Waals surface area contributed by atoms with Crippen LogP contribution in [0, 0.1) is 6.92 Å². The molecule has 9 nitrogen and oxygen atoms in total. The zero-order valence-electron chi connectivity index (χ0n) is 23.6. The number of nitrogens with zero attached hydrogens (tertiary/aromatic N) is 6. The number of anilines is 3. The molecule has 212 valence electrons. The van der Waals surface area contributed by atoms with Gasteiger partial charge in [-0.3, -0.25) is 24.9 Å². The molecule has 0 bridgehead atoms. The van der Waals surface area contributed by atoms with Gasteiger partial charge in [-0.1, -0.05) is 20.4 Å². The van der Waals surface area contributed by atoms with Crippen LogP contribution in [0.25, 0.3) is 11.4 Å². The Morgan fingerprint density at radius 2 is 1.88 bits per heavy atom. The molecule has 0 unspecified atom stereocenters. The van der Waals surface area contributed by atoms with Gasteiger partial charge in [-0.05, 0) is 49.6 Å². The van der Waals surface area contributed by atoms with E-state index in [1.165, 1.54) is 17.9 Å². The van der Waals surface area contributed by atoms with Crippen LogP contribution < -0.4 is 26.8 Å². The minimum absolute atomic E-state index is 0.488. The van der Waals surface area contributed by atoms with Crippen LogP contribution in [0.3, 0.4) is 0 Å². The van der Waals surface area contributed by atoms with Gasteiger partial charge in [0.1, 0.15) is 6.67 Å². The smallest absolute Gasteiger partial charge is 0.115 e. The molecule has 10 heteroatoms. The van der Waals surface area contributed by atoms with Crippen molar-refractivity contribution in [3.05, 3.63) is 84.3 Å². The van der Waals surface area contributed by atoms with Crippen LogP contribution in [0.2, 0.25) is 0 Å². The maximum atomic E-state index is 13.1. The number of pyridine rings is 3. The number of aromatic nitrogens is 3. The SMILES string of the molecule is C=C(Nc1cnc(C)c(N(N)/C=C(\N)c2cncc(N3CCN(C(CC)CC)CC3)c2)c1)c1cc(CF)ccn1. The number of hydrogen-bond donors (Lipinski definition) is 3. The summed E-state index contributed by atoms with van der Waals surface area (Å²) >= 11 is 0. The first-order valence-electron chi connectivity index (χ1n) is 13.7. The molecule has 1 aliphatic heterocycles. The largest absolute Gasteiger partial charge is 0.397 e. The maximum absolute atomic E-state index is 13.1. The second-order valence-corrected chi connectivity index (χ2v) is 10.0. The molecule has 0 saturated carbocycles. The molecule has 0 spiro atoms. The van der Waals surface area contributed by atoms with E-state index in [4.69, 9.17) is 11.6 Å². The number of nitrogens with one attached hydrogen (secondary N) is 1. The van der Waals surface area contributed by atoms with Crippen molar-refractivity contribution in [2.45, 2.75) is 46.3 Å². The fourth-order valence-electron chi connectivity index (χ4n) is 5.01. The Morgan fingerprint density at radius 1 is 1.12 bits per heavy atom. The molecular weight excluding hydrogens is 505 g/mol. The Hall–Kier alpha value is -4.02. The average Bonchev–Trinajstić information content (AvgIpc) is 2.99. The summed E-state index contributed by atoms with van der Waals surface area (Å²) < 4.78 is 13.1. The van der Waals surface area contributed by atoms with E-state index in [9.17, 15) is 4.39 Å². The third kappa shape index (κ3) is 6.94. The summed E-state index contributed by atoms with van der Waals surface area (Å²) in [7, 11) is 0. The van der Waals surface area contributed by atoms with Crippen molar-refractivity contribution >= 4 is 28.5 Å². The van der Waals surface area contributed by atoms with E-state index in [2.05, 4.69) is 56.6 Å². The highest BCUT2D eigenvalue weighted by molar-refractivity contribution is 5.76. The van der Waals surface area contributed by atoms with Crippen LogP contribution in [0.15, 0.2) is 61.8 Å². The predicted octanol–water partition coefficient (Wildman–Crippen LogP) is 4.68. The number of alkyl halides is 1. The van der Waals surface area contributed by atoms with Gasteiger partial charge in [0, 0.05) is 56.4 Å². The normalized spacial score (nSPS) is 14.4. The summed E-state index contributed by atoms with van der Waals surface area (Å²) in [5, 5.41) is 4.64. The zero-order valence-corrected chi connectivity index (χ0v) is 23.6. The van der Waals surface area contributed by atoms with E-state index >= 15 is 0 Å².